The molecule has 88 heavy (non-hydrogen) atoms. The molecule has 0 unspecified atom stereocenters. The fourth-order valence-electron chi connectivity index (χ4n) is 10.5. The van der Waals surface area contributed by atoms with Gasteiger partial charge >= 0.3 is 0 Å². The van der Waals surface area contributed by atoms with Crippen LogP contribution in [0.3, 0.4) is 0 Å². The van der Waals surface area contributed by atoms with E-state index in [1.165, 1.54) is 79.4 Å². The van der Waals surface area contributed by atoms with E-state index in [0.717, 1.165) is 71.4 Å². The summed E-state index contributed by atoms with van der Waals surface area (Å²) in [5.41, 5.74) is 19.0. The van der Waals surface area contributed by atoms with Crippen LogP contribution in [0.15, 0.2) is 194 Å². The summed E-state index contributed by atoms with van der Waals surface area (Å²) < 4.78 is 9.24. The van der Waals surface area contributed by atoms with E-state index in [1.807, 2.05) is 18.2 Å². The lowest BCUT2D eigenvalue weighted by Crippen LogP contribution is -2.06. The van der Waals surface area contributed by atoms with Crippen LogP contribution in [0.25, 0.3) is 92.7 Å². The van der Waals surface area contributed by atoms with Crippen molar-refractivity contribution in [2.45, 2.75) is 121 Å². The van der Waals surface area contributed by atoms with E-state index in [9.17, 15) is 0 Å². The highest BCUT2D eigenvalue weighted by Crippen LogP contribution is 2.25. The summed E-state index contributed by atoms with van der Waals surface area (Å²) in [5.74, 6) is 5.37. The number of fused-ring (bicyclic) bond motifs is 4. The summed E-state index contributed by atoms with van der Waals surface area (Å²) in [4.78, 5) is 19.1. The second kappa shape index (κ2) is 30.8. The Hall–Kier alpha value is -9.40. The van der Waals surface area contributed by atoms with E-state index >= 15 is 0 Å². The summed E-state index contributed by atoms with van der Waals surface area (Å²) in [7, 11) is 0. The van der Waals surface area contributed by atoms with Gasteiger partial charge in [0.2, 0.25) is 0 Å². The fraction of sp³-hybridized carbons (Fsp3) is 0.250. The predicted molar refractivity (Wildman–Crippen MR) is 379 cm³/mol. The Labute approximate surface area is 523 Å². The summed E-state index contributed by atoms with van der Waals surface area (Å²) in [6, 6.07) is 68.0. The topological polar surface area (TPSA) is 71.3 Å². The van der Waals surface area contributed by atoms with Gasteiger partial charge in [-0.05, 0) is 161 Å². The molecule has 0 aliphatic heterocycles. The minimum absolute atomic E-state index is 0.384. The van der Waals surface area contributed by atoms with Crippen LogP contribution < -0.4 is 0 Å². The van der Waals surface area contributed by atoms with Gasteiger partial charge < -0.3 is 18.3 Å². The molecule has 8 aromatic carbocycles. The molecule has 8 heteroatoms. The highest BCUT2D eigenvalue weighted by atomic mass is 15.1. The lowest BCUT2D eigenvalue weighted by Gasteiger charge is -2.10. The van der Waals surface area contributed by atoms with E-state index in [2.05, 4.69) is 319 Å². The van der Waals surface area contributed by atoms with Crippen molar-refractivity contribution in [2.75, 3.05) is 0 Å². The number of aryl methyl sites for hydroxylation is 6. The second-order valence-corrected chi connectivity index (χ2v) is 24.1. The molecule has 0 radical (unpaired) electrons. The summed E-state index contributed by atoms with van der Waals surface area (Å²) in [6.45, 7) is 27.0. The normalized spacial score (nSPS) is 11.8. The van der Waals surface area contributed by atoms with Gasteiger partial charge in [-0.15, -0.1) is 0 Å². The van der Waals surface area contributed by atoms with Crippen molar-refractivity contribution in [3.8, 4) is 0 Å². The Morgan fingerprint density at radius 2 is 0.636 bits per heavy atom. The molecule has 0 aliphatic rings. The standard InChI is InChI=1S/C21H24N2.2C20H22N2.C19H20N2/c1-16(2)14-15-23-20-7-5-4-6-19(20)22-21(23)13-12-18-10-8-17(3)9-11-18;1-15(2)14-22-19-7-5-4-6-18(19)21-20(22)13-12-17-10-8-16(3)9-11-17;1-3-4-15-22-19-8-6-5-7-18(19)21-20(22)14-13-17-11-9-16(2)10-12-17;1-14(2)21-18-7-5-4-6-17(18)20-19(21)13-12-16-10-8-15(3)9-11-16/h4-13,16H,14-15H2,1-3H3;4-13,15H,14H2,1-3H3;5-14H,3-4,15H2,1-2H3;4-14H,1-3H3/b2*13-12+;14-13+;13-12+. The van der Waals surface area contributed by atoms with Crippen molar-refractivity contribution in [2.24, 2.45) is 11.8 Å². The third kappa shape index (κ3) is 17.2. The zero-order chi connectivity index (χ0) is 61.9. The summed E-state index contributed by atoms with van der Waals surface area (Å²) in [6.07, 6.45) is 20.5. The van der Waals surface area contributed by atoms with Crippen molar-refractivity contribution in [3.05, 3.63) is 262 Å². The number of nitrogens with zero attached hydrogens (tertiary/aromatic N) is 8. The first-order valence-electron chi connectivity index (χ1n) is 31.5. The van der Waals surface area contributed by atoms with Gasteiger partial charge in [-0.3, -0.25) is 0 Å². The van der Waals surface area contributed by atoms with Crippen molar-refractivity contribution >= 4 is 92.7 Å². The van der Waals surface area contributed by atoms with E-state index in [-0.39, 0.29) is 0 Å². The van der Waals surface area contributed by atoms with Crippen molar-refractivity contribution in [1.82, 2.24) is 38.2 Å². The molecule has 4 aromatic heterocycles. The highest BCUT2D eigenvalue weighted by Gasteiger charge is 2.13. The molecule has 0 N–H and O–H groups in total. The number of hydrogen-bond donors (Lipinski definition) is 0. The zero-order valence-electron chi connectivity index (χ0n) is 53.6. The molecule has 448 valence electrons. The summed E-state index contributed by atoms with van der Waals surface area (Å²) in [5, 5.41) is 0. The Kier molecular flexibility index (Phi) is 22.1. The van der Waals surface area contributed by atoms with E-state index in [0.29, 0.717) is 17.9 Å². The molecule has 12 rings (SSSR count). The predicted octanol–water partition coefficient (Wildman–Crippen LogP) is 21.1. The number of hydrogen-bond acceptors (Lipinski definition) is 4. The maximum absolute atomic E-state index is 4.80. The van der Waals surface area contributed by atoms with Crippen LogP contribution >= 0.6 is 0 Å². The number of unbranched alkanes of at least 4 members (excludes halogenated alkanes) is 1. The number of aromatic nitrogens is 8. The van der Waals surface area contributed by atoms with Crippen LogP contribution in [0.2, 0.25) is 0 Å². The average Bonchev–Trinajstić information content (AvgIpc) is 3.68. The van der Waals surface area contributed by atoms with Gasteiger partial charge in [-0.1, -0.05) is 233 Å². The average molecular weight is 1160 g/mol. The van der Waals surface area contributed by atoms with E-state index < -0.39 is 0 Å². The number of imidazole rings is 4. The largest absolute Gasteiger partial charge is 0.324 e. The van der Waals surface area contributed by atoms with Crippen LogP contribution in [0.1, 0.15) is 142 Å². The van der Waals surface area contributed by atoms with Crippen LogP contribution in [-0.4, -0.2) is 38.2 Å². The highest BCUT2D eigenvalue weighted by molar-refractivity contribution is 5.83. The minimum Gasteiger partial charge on any atom is -0.324 e. The molecule has 0 amide bonds. The smallest absolute Gasteiger partial charge is 0.134 e. The van der Waals surface area contributed by atoms with Crippen LogP contribution in [-0.2, 0) is 19.6 Å². The van der Waals surface area contributed by atoms with E-state index in [4.69, 9.17) is 19.9 Å². The van der Waals surface area contributed by atoms with Crippen molar-refractivity contribution in [3.63, 3.8) is 0 Å². The van der Waals surface area contributed by atoms with Crippen molar-refractivity contribution < 1.29 is 0 Å². The van der Waals surface area contributed by atoms with Gasteiger partial charge in [0.05, 0.1) is 44.1 Å². The minimum atomic E-state index is 0.384. The molecule has 0 bridgehead atoms. The first-order valence-corrected chi connectivity index (χ1v) is 31.5. The lowest BCUT2D eigenvalue weighted by atomic mass is 10.1. The molecule has 0 atom stereocenters. The third-order valence-corrected chi connectivity index (χ3v) is 15.4. The molecular formula is C80H88N8. The first kappa shape index (κ1) is 63.1. The van der Waals surface area contributed by atoms with Gasteiger partial charge in [-0.25, -0.2) is 19.9 Å². The van der Waals surface area contributed by atoms with Gasteiger partial charge in [0, 0.05) is 25.7 Å². The quantitative estimate of drug-likeness (QED) is 0.0911. The molecule has 0 saturated heterocycles. The Balaban J connectivity index is 0.000000140. The molecule has 8 nitrogen and oxygen atoms in total. The molecular weight excluding hydrogens is 1070 g/mol. The lowest BCUT2D eigenvalue weighted by molar-refractivity contribution is 0.521. The third-order valence-electron chi connectivity index (χ3n) is 15.4. The SMILES string of the molecule is CCCCn1c(/C=C/c2ccc(C)cc2)nc2ccccc21.Cc1ccc(/C=C/c2nc3ccccc3n2C(C)C)cc1.Cc1ccc(/C=C/c2nc3ccccc3n2CC(C)C)cc1.Cc1ccc(/C=C/c2nc3ccccc3n2CCC(C)C)cc1. The zero-order valence-corrected chi connectivity index (χ0v) is 53.6. The maximum Gasteiger partial charge on any atom is 0.134 e. The molecule has 0 fully saturated rings. The molecule has 0 saturated carbocycles. The molecule has 0 spiro atoms. The summed E-state index contributed by atoms with van der Waals surface area (Å²) >= 11 is 0. The van der Waals surface area contributed by atoms with E-state index in [1.54, 1.807) is 0 Å². The number of benzene rings is 8. The van der Waals surface area contributed by atoms with Crippen LogP contribution in [0, 0.1) is 39.5 Å². The Morgan fingerprint density at radius 1 is 0.330 bits per heavy atom. The fourth-order valence-corrected chi connectivity index (χ4v) is 10.5. The second-order valence-electron chi connectivity index (χ2n) is 24.1. The number of rotatable bonds is 17. The van der Waals surface area contributed by atoms with Gasteiger partial charge in [0.25, 0.3) is 0 Å². The van der Waals surface area contributed by atoms with Crippen LogP contribution in [0.5, 0.6) is 0 Å². The van der Waals surface area contributed by atoms with Crippen molar-refractivity contribution in [1.29, 1.82) is 0 Å². The van der Waals surface area contributed by atoms with Gasteiger partial charge in [0.1, 0.15) is 23.3 Å². The Morgan fingerprint density at radius 3 is 0.989 bits per heavy atom. The maximum atomic E-state index is 4.80. The number of para-hydroxylation sites is 8. The molecule has 4 heterocycles. The van der Waals surface area contributed by atoms with Crippen LogP contribution in [0.4, 0.5) is 0 Å². The monoisotopic (exact) mass is 1160 g/mol. The Bertz CT molecular complexity index is 4270. The van der Waals surface area contributed by atoms with Gasteiger partial charge in [-0.2, -0.15) is 0 Å². The first-order chi connectivity index (χ1) is 42.7. The van der Waals surface area contributed by atoms with Gasteiger partial charge in [0.15, 0.2) is 0 Å². The molecule has 12 aromatic rings. The molecule has 0 aliphatic carbocycles.